The Balaban J connectivity index is 1.59. The van der Waals surface area contributed by atoms with E-state index in [4.69, 9.17) is 4.74 Å². The molecule has 1 unspecified atom stereocenters. The number of thioether (sulfide) groups is 1. The Morgan fingerprint density at radius 1 is 1.44 bits per heavy atom. The number of hydrogen-bond acceptors (Lipinski definition) is 5. The minimum atomic E-state index is -0.370. The molecule has 1 aliphatic carbocycles. The number of hydrogen-bond donors (Lipinski definition) is 2. The summed E-state index contributed by atoms with van der Waals surface area (Å²) in [6.45, 7) is 2.22. The van der Waals surface area contributed by atoms with Gasteiger partial charge in [0, 0.05) is 23.7 Å². The highest BCUT2D eigenvalue weighted by Gasteiger charge is 2.33. The second-order valence-electron chi connectivity index (χ2n) is 6.83. The molecule has 1 saturated heterocycles. The molecule has 7 nitrogen and oxygen atoms in total. The molecule has 0 saturated carbocycles. The Hall–Kier alpha value is -2.48. The first kappa shape index (κ1) is 17.9. The van der Waals surface area contributed by atoms with Gasteiger partial charge in [-0.2, -0.15) is 5.10 Å². The lowest BCUT2D eigenvalue weighted by molar-refractivity contribution is -0.119. The summed E-state index contributed by atoms with van der Waals surface area (Å²) in [6.07, 6.45) is 4.34. The average molecular weight is 386 g/mol. The molecule has 27 heavy (non-hydrogen) atoms. The summed E-state index contributed by atoms with van der Waals surface area (Å²) in [6, 6.07) is 6.09. The quantitative estimate of drug-likeness (QED) is 0.789. The number of carbonyl (C=O) groups excluding carboxylic acids is 2. The molecular weight excluding hydrogens is 364 g/mol. The number of aromatic nitrogens is 2. The molecule has 1 aromatic carbocycles. The van der Waals surface area contributed by atoms with Crippen LogP contribution in [-0.2, 0) is 22.4 Å². The number of nitrogens with one attached hydrogen (secondary N) is 2. The highest BCUT2D eigenvalue weighted by molar-refractivity contribution is 7.98. The lowest BCUT2D eigenvalue weighted by Crippen LogP contribution is -2.33. The van der Waals surface area contributed by atoms with Crippen molar-refractivity contribution in [3.05, 3.63) is 29.3 Å². The highest BCUT2D eigenvalue weighted by atomic mass is 32.2. The number of fused-ring (bicyclic) bond motifs is 3. The number of carbonyl (C=O) groups is 2. The van der Waals surface area contributed by atoms with Crippen molar-refractivity contribution in [2.24, 2.45) is 0 Å². The number of cyclic esters (lactones) is 1. The molecule has 2 aliphatic rings. The molecule has 2 heterocycles. The molecule has 1 aliphatic heterocycles. The van der Waals surface area contributed by atoms with Crippen molar-refractivity contribution in [2.75, 3.05) is 24.2 Å². The van der Waals surface area contributed by atoms with Gasteiger partial charge in [0.25, 0.3) is 0 Å². The Bertz CT molecular complexity index is 895. The van der Waals surface area contributed by atoms with Crippen LogP contribution in [0.5, 0.6) is 0 Å². The minimum absolute atomic E-state index is 0.130. The van der Waals surface area contributed by atoms with E-state index >= 15 is 0 Å². The fourth-order valence-corrected chi connectivity index (χ4v) is 4.31. The molecular formula is C19H22N4O3S. The normalized spacial score (nSPS) is 18.5. The monoisotopic (exact) mass is 386 g/mol. The van der Waals surface area contributed by atoms with Gasteiger partial charge in [0.2, 0.25) is 5.91 Å². The van der Waals surface area contributed by atoms with E-state index in [1.165, 1.54) is 18.1 Å². The second-order valence-corrected chi connectivity index (χ2v) is 7.63. The van der Waals surface area contributed by atoms with E-state index in [-0.39, 0.29) is 18.1 Å². The molecule has 8 heteroatoms. The van der Waals surface area contributed by atoms with Crippen LogP contribution < -0.4 is 10.2 Å². The van der Waals surface area contributed by atoms with Crippen molar-refractivity contribution in [1.82, 2.24) is 15.5 Å². The number of H-pyrrole nitrogens is 1. The number of ether oxygens (including phenoxy) is 1. The predicted octanol–water partition coefficient (Wildman–Crippen LogP) is 2.75. The van der Waals surface area contributed by atoms with Gasteiger partial charge in [-0.05, 0) is 43.2 Å². The lowest BCUT2D eigenvalue weighted by atomic mass is 10.0. The van der Waals surface area contributed by atoms with Gasteiger partial charge in [0.15, 0.2) is 0 Å². The number of amides is 2. The van der Waals surface area contributed by atoms with E-state index in [2.05, 4.69) is 27.6 Å². The molecule has 4 rings (SSSR count). The molecule has 1 atom stereocenters. The minimum Gasteiger partial charge on any atom is -0.442 e. The zero-order chi connectivity index (χ0) is 19.0. The van der Waals surface area contributed by atoms with Crippen LogP contribution in [0.4, 0.5) is 10.5 Å². The first-order valence-corrected chi connectivity index (χ1v) is 10.3. The van der Waals surface area contributed by atoms with Crippen LogP contribution in [0.1, 0.15) is 24.5 Å². The molecule has 0 bridgehead atoms. The van der Waals surface area contributed by atoms with E-state index in [0.717, 1.165) is 41.2 Å². The van der Waals surface area contributed by atoms with Crippen LogP contribution in [-0.4, -0.2) is 47.6 Å². The van der Waals surface area contributed by atoms with Crippen LogP contribution in [0, 0.1) is 0 Å². The number of rotatable bonds is 4. The van der Waals surface area contributed by atoms with Crippen molar-refractivity contribution < 1.29 is 14.3 Å². The summed E-state index contributed by atoms with van der Waals surface area (Å²) >= 11 is 1.66. The third kappa shape index (κ3) is 3.41. The Morgan fingerprint density at radius 3 is 3.07 bits per heavy atom. The van der Waals surface area contributed by atoms with Gasteiger partial charge in [-0.3, -0.25) is 14.8 Å². The number of aryl methyl sites for hydroxylation is 1. The first-order chi connectivity index (χ1) is 13.1. The maximum Gasteiger partial charge on any atom is 0.414 e. The third-order valence-corrected chi connectivity index (χ3v) is 5.74. The number of anilines is 1. The highest BCUT2D eigenvalue weighted by Crippen LogP contribution is 2.37. The maximum absolute atomic E-state index is 12.3. The third-order valence-electron chi connectivity index (χ3n) is 5.02. The summed E-state index contributed by atoms with van der Waals surface area (Å²) in [5, 5.41) is 11.4. The van der Waals surface area contributed by atoms with Gasteiger partial charge in [0.05, 0.1) is 18.8 Å². The van der Waals surface area contributed by atoms with E-state index in [1.807, 2.05) is 12.3 Å². The molecule has 2 amide bonds. The van der Waals surface area contributed by atoms with Crippen molar-refractivity contribution in [2.45, 2.75) is 37.3 Å². The van der Waals surface area contributed by atoms with Crippen LogP contribution in [0.2, 0.25) is 0 Å². The van der Waals surface area contributed by atoms with Crippen molar-refractivity contribution in [3.63, 3.8) is 0 Å². The fourth-order valence-electron chi connectivity index (χ4n) is 3.72. The average Bonchev–Trinajstić information content (AvgIpc) is 3.18. The zero-order valence-corrected chi connectivity index (χ0v) is 16.2. The molecule has 1 aromatic heterocycles. The standard InChI is InChI=1S/C19H22N4O3S/c1-11(24)20-9-14-10-23(19(25)26-14)13-6-7-15-12(8-13)4-3-5-16-17(15)21-22-18(16)27-2/h6-8,14H,3-5,9-10H2,1-2H3,(H,20,24)(H,21,22). The zero-order valence-electron chi connectivity index (χ0n) is 15.4. The van der Waals surface area contributed by atoms with Crippen molar-refractivity contribution >= 4 is 29.4 Å². The van der Waals surface area contributed by atoms with Crippen LogP contribution in [0.15, 0.2) is 23.2 Å². The maximum atomic E-state index is 12.3. The fraction of sp³-hybridized carbons (Fsp3) is 0.421. The molecule has 1 fully saturated rings. The van der Waals surface area contributed by atoms with E-state index in [9.17, 15) is 9.59 Å². The number of benzene rings is 1. The number of aromatic amines is 1. The van der Waals surface area contributed by atoms with E-state index < -0.39 is 0 Å². The molecule has 2 N–H and O–H groups in total. The number of nitrogens with zero attached hydrogens (tertiary/aromatic N) is 2. The van der Waals surface area contributed by atoms with E-state index in [1.54, 1.807) is 16.7 Å². The largest absolute Gasteiger partial charge is 0.442 e. The van der Waals surface area contributed by atoms with Crippen LogP contribution >= 0.6 is 11.8 Å². The Labute approximate surface area is 161 Å². The summed E-state index contributed by atoms with van der Waals surface area (Å²) in [7, 11) is 0. The van der Waals surface area contributed by atoms with Gasteiger partial charge < -0.3 is 10.1 Å². The predicted molar refractivity (Wildman–Crippen MR) is 104 cm³/mol. The summed E-state index contributed by atoms with van der Waals surface area (Å²) < 4.78 is 5.37. The van der Waals surface area contributed by atoms with Crippen LogP contribution in [0.25, 0.3) is 11.3 Å². The lowest BCUT2D eigenvalue weighted by Gasteiger charge is -2.16. The SMILES string of the molecule is CSc1n[nH]c2c1CCCc1cc(N3CC(CNC(C)=O)OC3=O)ccc1-2. The topological polar surface area (TPSA) is 87.3 Å². The van der Waals surface area contributed by atoms with Crippen molar-refractivity contribution in [1.29, 1.82) is 0 Å². The second kappa shape index (κ2) is 7.26. The van der Waals surface area contributed by atoms with Crippen LogP contribution in [0.3, 0.4) is 0 Å². The van der Waals surface area contributed by atoms with Gasteiger partial charge in [-0.15, -0.1) is 11.8 Å². The summed E-state index contributed by atoms with van der Waals surface area (Å²) in [5.41, 5.74) is 5.56. The first-order valence-electron chi connectivity index (χ1n) is 9.04. The van der Waals surface area contributed by atoms with Gasteiger partial charge in [0.1, 0.15) is 11.1 Å². The van der Waals surface area contributed by atoms with Gasteiger partial charge in [-0.25, -0.2) is 4.79 Å². The van der Waals surface area contributed by atoms with Gasteiger partial charge >= 0.3 is 6.09 Å². The summed E-state index contributed by atoms with van der Waals surface area (Å²) in [5.74, 6) is -0.130. The Morgan fingerprint density at radius 2 is 2.30 bits per heavy atom. The van der Waals surface area contributed by atoms with E-state index in [0.29, 0.717) is 13.1 Å². The van der Waals surface area contributed by atoms with Gasteiger partial charge in [-0.1, -0.05) is 6.07 Å². The molecule has 142 valence electrons. The van der Waals surface area contributed by atoms with Crippen molar-refractivity contribution in [3.8, 4) is 11.3 Å². The smallest absolute Gasteiger partial charge is 0.414 e. The summed E-state index contributed by atoms with van der Waals surface area (Å²) in [4.78, 5) is 25.0. The molecule has 2 aromatic rings. The molecule has 0 radical (unpaired) electrons. The Kier molecular flexibility index (Phi) is 4.82. The molecule has 0 spiro atoms.